The molecule has 0 aromatic heterocycles. The van der Waals surface area contributed by atoms with Gasteiger partial charge in [0.1, 0.15) is 0 Å². The summed E-state index contributed by atoms with van der Waals surface area (Å²) in [6, 6.07) is 0.412. The van der Waals surface area contributed by atoms with Crippen LogP contribution in [0.5, 0.6) is 0 Å². The lowest BCUT2D eigenvalue weighted by molar-refractivity contribution is -0.125. The number of hydrogen-bond acceptors (Lipinski definition) is 3. The van der Waals surface area contributed by atoms with Gasteiger partial charge < -0.3 is 11.1 Å². The summed E-state index contributed by atoms with van der Waals surface area (Å²) in [5.41, 5.74) is 6.18. The van der Waals surface area contributed by atoms with Crippen LogP contribution in [0.25, 0.3) is 0 Å². The van der Waals surface area contributed by atoms with Gasteiger partial charge in [-0.3, -0.25) is 9.69 Å². The average molecular weight is 267 g/mol. The van der Waals surface area contributed by atoms with Crippen LogP contribution < -0.4 is 11.1 Å². The molecule has 2 fully saturated rings. The molecule has 4 nitrogen and oxygen atoms in total. The minimum atomic E-state index is -0.0304. The summed E-state index contributed by atoms with van der Waals surface area (Å²) in [6.07, 6.45) is 9.67. The van der Waals surface area contributed by atoms with E-state index in [2.05, 4.69) is 17.1 Å². The fourth-order valence-corrected chi connectivity index (χ4v) is 3.51. The van der Waals surface area contributed by atoms with Crippen molar-refractivity contribution < 1.29 is 4.79 Å². The number of amides is 1. The van der Waals surface area contributed by atoms with Crippen LogP contribution in [0.2, 0.25) is 0 Å². The first kappa shape index (κ1) is 14.8. The zero-order valence-electron chi connectivity index (χ0n) is 12.3. The second-order valence-corrected chi connectivity index (χ2v) is 6.51. The Morgan fingerprint density at radius 2 is 1.89 bits per heavy atom. The van der Waals surface area contributed by atoms with Gasteiger partial charge in [-0.1, -0.05) is 39.0 Å². The number of nitrogens with one attached hydrogen (secondary N) is 1. The van der Waals surface area contributed by atoms with Gasteiger partial charge in [-0.25, -0.2) is 0 Å². The van der Waals surface area contributed by atoms with E-state index >= 15 is 0 Å². The highest BCUT2D eigenvalue weighted by Gasteiger charge is 2.39. The fourth-order valence-electron chi connectivity index (χ4n) is 3.51. The summed E-state index contributed by atoms with van der Waals surface area (Å²) in [6.45, 7) is 4.44. The number of rotatable bonds is 5. The van der Waals surface area contributed by atoms with E-state index in [4.69, 9.17) is 5.73 Å². The lowest BCUT2D eigenvalue weighted by Crippen LogP contribution is -2.68. The molecule has 0 spiro atoms. The number of carbonyl (C=O) groups is 1. The van der Waals surface area contributed by atoms with Crippen LogP contribution in [0.15, 0.2) is 0 Å². The predicted octanol–water partition coefficient (Wildman–Crippen LogP) is 1.64. The van der Waals surface area contributed by atoms with E-state index in [-0.39, 0.29) is 11.4 Å². The van der Waals surface area contributed by atoms with Crippen LogP contribution in [-0.4, -0.2) is 42.0 Å². The highest BCUT2D eigenvalue weighted by Crippen LogP contribution is 2.23. The van der Waals surface area contributed by atoms with Gasteiger partial charge >= 0.3 is 0 Å². The van der Waals surface area contributed by atoms with E-state index in [1.165, 1.54) is 25.7 Å². The molecule has 0 radical (unpaired) electrons. The number of likely N-dealkylation sites (tertiary alicyclic amines) is 1. The molecular formula is C15H29N3O. The number of nitrogens with two attached hydrogens (primary N) is 1. The van der Waals surface area contributed by atoms with Crippen molar-refractivity contribution in [1.82, 2.24) is 10.2 Å². The summed E-state index contributed by atoms with van der Waals surface area (Å²) in [5, 5.41) is 3.20. The molecule has 3 N–H and O–H groups in total. The van der Waals surface area contributed by atoms with E-state index in [1.807, 2.05) is 0 Å². The molecule has 2 aliphatic rings. The lowest BCUT2D eigenvalue weighted by Gasteiger charge is -2.47. The normalized spacial score (nSPS) is 24.5. The van der Waals surface area contributed by atoms with Crippen molar-refractivity contribution in [2.45, 2.75) is 69.9 Å². The Labute approximate surface area is 117 Å². The number of nitrogens with zero attached hydrogens (tertiary/aromatic N) is 1. The zero-order valence-corrected chi connectivity index (χ0v) is 12.3. The number of carbonyl (C=O) groups excluding carboxylic acids is 1. The van der Waals surface area contributed by atoms with Gasteiger partial charge in [0.25, 0.3) is 0 Å². The smallest absolute Gasteiger partial charge is 0.234 e. The van der Waals surface area contributed by atoms with E-state index < -0.39 is 0 Å². The molecule has 0 bridgehead atoms. The topological polar surface area (TPSA) is 58.4 Å². The van der Waals surface area contributed by atoms with Crippen LogP contribution in [0, 0.1) is 0 Å². The SMILES string of the molecule is CCCC1(N)CN(CC(=O)NC2CCCCCC2)C1. The van der Waals surface area contributed by atoms with Gasteiger partial charge in [-0.05, 0) is 19.3 Å². The molecule has 0 unspecified atom stereocenters. The standard InChI is InChI=1S/C15H29N3O/c1-2-9-15(16)11-18(12-15)10-14(19)17-13-7-5-3-4-6-8-13/h13H,2-12,16H2,1H3,(H,17,19). The predicted molar refractivity (Wildman–Crippen MR) is 77.9 cm³/mol. The molecule has 1 saturated carbocycles. The summed E-state index contributed by atoms with van der Waals surface area (Å²) in [7, 11) is 0. The van der Waals surface area contributed by atoms with Crippen LogP contribution in [0.4, 0.5) is 0 Å². The molecule has 0 aromatic rings. The molecule has 110 valence electrons. The Hall–Kier alpha value is -0.610. The largest absolute Gasteiger partial charge is 0.352 e. The van der Waals surface area contributed by atoms with Crippen LogP contribution in [0.3, 0.4) is 0 Å². The van der Waals surface area contributed by atoms with Crippen molar-refractivity contribution in [3.8, 4) is 0 Å². The van der Waals surface area contributed by atoms with Gasteiger partial charge in [0.15, 0.2) is 0 Å². The van der Waals surface area contributed by atoms with E-state index in [1.54, 1.807) is 0 Å². The van der Waals surface area contributed by atoms with Gasteiger partial charge in [0.2, 0.25) is 5.91 Å². The molecule has 1 aliphatic carbocycles. The Bertz CT molecular complexity index is 292. The second kappa shape index (κ2) is 6.71. The van der Waals surface area contributed by atoms with Crippen molar-refractivity contribution in [2.75, 3.05) is 19.6 Å². The highest BCUT2D eigenvalue weighted by molar-refractivity contribution is 5.78. The van der Waals surface area contributed by atoms with Crippen LogP contribution in [0.1, 0.15) is 58.3 Å². The average Bonchev–Trinajstić information content (AvgIpc) is 2.56. The maximum atomic E-state index is 12.0. The van der Waals surface area contributed by atoms with Crippen molar-refractivity contribution in [3.63, 3.8) is 0 Å². The quantitative estimate of drug-likeness (QED) is 0.745. The molecule has 2 rings (SSSR count). The van der Waals surface area contributed by atoms with Crippen molar-refractivity contribution in [3.05, 3.63) is 0 Å². The molecule has 1 amide bonds. The summed E-state index contributed by atoms with van der Waals surface area (Å²) in [4.78, 5) is 14.2. The first-order valence-corrected chi connectivity index (χ1v) is 7.92. The molecule has 0 aromatic carbocycles. The Kier molecular flexibility index (Phi) is 5.22. The van der Waals surface area contributed by atoms with Crippen LogP contribution in [-0.2, 0) is 4.79 Å². The molecule has 1 aliphatic heterocycles. The molecule has 19 heavy (non-hydrogen) atoms. The third kappa shape index (κ3) is 4.46. The van der Waals surface area contributed by atoms with E-state index in [9.17, 15) is 4.79 Å². The third-order valence-electron chi connectivity index (χ3n) is 4.41. The fraction of sp³-hybridized carbons (Fsp3) is 0.933. The molecule has 1 heterocycles. The summed E-state index contributed by atoms with van der Waals surface area (Å²) < 4.78 is 0. The van der Waals surface area contributed by atoms with Gasteiger partial charge in [0, 0.05) is 24.7 Å². The summed E-state index contributed by atoms with van der Waals surface area (Å²) in [5.74, 6) is 0.186. The zero-order chi connectivity index (χ0) is 13.7. The van der Waals surface area contributed by atoms with Crippen molar-refractivity contribution in [2.24, 2.45) is 5.73 Å². The van der Waals surface area contributed by atoms with Crippen LogP contribution >= 0.6 is 0 Å². The Morgan fingerprint density at radius 1 is 1.26 bits per heavy atom. The second-order valence-electron chi connectivity index (χ2n) is 6.51. The molecule has 1 saturated heterocycles. The first-order valence-electron chi connectivity index (χ1n) is 7.92. The summed E-state index contributed by atoms with van der Waals surface area (Å²) >= 11 is 0. The Morgan fingerprint density at radius 3 is 2.47 bits per heavy atom. The monoisotopic (exact) mass is 267 g/mol. The van der Waals surface area contributed by atoms with E-state index in [0.717, 1.165) is 38.8 Å². The maximum Gasteiger partial charge on any atom is 0.234 e. The van der Waals surface area contributed by atoms with Crippen molar-refractivity contribution >= 4 is 5.91 Å². The molecule has 0 atom stereocenters. The minimum absolute atomic E-state index is 0.0304. The van der Waals surface area contributed by atoms with Gasteiger partial charge in [0.05, 0.1) is 6.54 Å². The number of hydrogen-bond donors (Lipinski definition) is 2. The van der Waals surface area contributed by atoms with Gasteiger partial charge in [-0.15, -0.1) is 0 Å². The highest BCUT2D eigenvalue weighted by atomic mass is 16.2. The third-order valence-corrected chi connectivity index (χ3v) is 4.41. The maximum absolute atomic E-state index is 12.0. The molecular weight excluding hydrogens is 238 g/mol. The van der Waals surface area contributed by atoms with Gasteiger partial charge in [-0.2, -0.15) is 0 Å². The van der Waals surface area contributed by atoms with E-state index in [0.29, 0.717) is 12.6 Å². The molecule has 4 heteroatoms. The Balaban J connectivity index is 1.65. The first-order chi connectivity index (χ1) is 9.11. The lowest BCUT2D eigenvalue weighted by atomic mass is 9.86. The minimum Gasteiger partial charge on any atom is -0.352 e. The van der Waals surface area contributed by atoms with Crippen molar-refractivity contribution in [1.29, 1.82) is 0 Å².